The molecule has 5 nitrogen and oxygen atoms in total. The summed E-state index contributed by atoms with van der Waals surface area (Å²) in [5.41, 5.74) is -1.50. The normalized spacial score (nSPS) is 17.6. The van der Waals surface area contributed by atoms with E-state index in [1.54, 1.807) is 24.5 Å². The summed E-state index contributed by atoms with van der Waals surface area (Å²) >= 11 is 6.00. The lowest BCUT2D eigenvalue weighted by Crippen LogP contribution is -2.38. The van der Waals surface area contributed by atoms with Gasteiger partial charge in [0.1, 0.15) is 16.5 Å². The van der Waals surface area contributed by atoms with Gasteiger partial charge in [0.05, 0.1) is 0 Å². The molecule has 2 N–H and O–H groups in total. The molecule has 0 unspecified atom stereocenters. The maximum atomic E-state index is 15.1. The van der Waals surface area contributed by atoms with Gasteiger partial charge in [-0.15, -0.1) is 0 Å². The van der Waals surface area contributed by atoms with E-state index in [-0.39, 0.29) is 23.6 Å². The Bertz CT molecular complexity index is 698. The van der Waals surface area contributed by atoms with Crippen LogP contribution >= 0.6 is 11.6 Å². The smallest absolute Gasteiger partial charge is 0.270 e. The van der Waals surface area contributed by atoms with Crippen molar-refractivity contribution in [2.75, 3.05) is 13.1 Å². The third-order valence-electron chi connectivity index (χ3n) is 3.64. The number of pyridine rings is 1. The van der Waals surface area contributed by atoms with Crippen molar-refractivity contribution < 1.29 is 4.39 Å². The summed E-state index contributed by atoms with van der Waals surface area (Å²) in [6.07, 6.45) is 3.66. The first-order valence-corrected chi connectivity index (χ1v) is 7.08. The number of H-pyrrole nitrogens is 1. The molecule has 21 heavy (non-hydrogen) atoms. The standard InChI is InChI=1S/C14H14ClFN4O/c15-10-11(14(16)3-7-18-8-4-14)19-12(20-13(10)21)9-1-5-17-6-2-9/h1-2,5-6,18H,3-4,7-8H2,(H,19,20,21). The van der Waals surface area contributed by atoms with Crippen LogP contribution in [0, 0.1) is 0 Å². The highest BCUT2D eigenvalue weighted by Gasteiger charge is 2.38. The molecule has 0 saturated carbocycles. The van der Waals surface area contributed by atoms with Crippen LogP contribution in [0.1, 0.15) is 18.5 Å². The van der Waals surface area contributed by atoms with E-state index in [0.717, 1.165) is 0 Å². The maximum absolute atomic E-state index is 15.1. The van der Waals surface area contributed by atoms with Gasteiger partial charge < -0.3 is 10.3 Å². The fourth-order valence-corrected chi connectivity index (χ4v) is 2.72. The Kier molecular flexibility index (Phi) is 3.73. The molecule has 2 aromatic rings. The molecule has 0 aromatic carbocycles. The number of nitrogens with one attached hydrogen (secondary N) is 2. The molecule has 1 fully saturated rings. The lowest BCUT2D eigenvalue weighted by Gasteiger charge is -2.30. The van der Waals surface area contributed by atoms with Crippen molar-refractivity contribution in [2.45, 2.75) is 18.5 Å². The van der Waals surface area contributed by atoms with E-state index in [2.05, 4.69) is 20.3 Å². The van der Waals surface area contributed by atoms with Gasteiger partial charge in [-0.25, -0.2) is 9.37 Å². The molecule has 1 aliphatic heterocycles. The van der Waals surface area contributed by atoms with E-state index in [9.17, 15) is 4.79 Å². The zero-order valence-electron chi connectivity index (χ0n) is 11.2. The minimum Gasteiger partial charge on any atom is -0.316 e. The lowest BCUT2D eigenvalue weighted by atomic mass is 9.90. The predicted molar refractivity (Wildman–Crippen MR) is 78.0 cm³/mol. The van der Waals surface area contributed by atoms with Crippen LogP contribution in [0.2, 0.25) is 5.02 Å². The number of hydrogen-bond acceptors (Lipinski definition) is 4. The van der Waals surface area contributed by atoms with Crippen LogP contribution in [0.4, 0.5) is 4.39 Å². The van der Waals surface area contributed by atoms with Crippen LogP contribution in [0.3, 0.4) is 0 Å². The highest BCUT2D eigenvalue weighted by Crippen LogP contribution is 2.36. The summed E-state index contributed by atoms with van der Waals surface area (Å²) in [5.74, 6) is 0.303. The van der Waals surface area contributed by atoms with Crippen LogP contribution in [0.15, 0.2) is 29.3 Å². The molecule has 0 spiro atoms. The topological polar surface area (TPSA) is 70.7 Å². The van der Waals surface area contributed by atoms with Crippen molar-refractivity contribution in [2.24, 2.45) is 0 Å². The van der Waals surface area contributed by atoms with Gasteiger partial charge in [-0.3, -0.25) is 9.78 Å². The highest BCUT2D eigenvalue weighted by atomic mass is 35.5. The molecule has 3 heterocycles. The lowest BCUT2D eigenvalue weighted by molar-refractivity contribution is 0.110. The number of hydrogen-bond donors (Lipinski definition) is 2. The Morgan fingerprint density at radius 1 is 1.24 bits per heavy atom. The molecular formula is C14H14ClFN4O. The minimum absolute atomic E-state index is 0.0289. The van der Waals surface area contributed by atoms with Crippen LogP contribution in [-0.4, -0.2) is 28.0 Å². The van der Waals surface area contributed by atoms with Gasteiger partial charge in [-0.05, 0) is 38.1 Å². The van der Waals surface area contributed by atoms with E-state index in [0.29, 0.717) is 24.5 Å². The molecule has 7 heteroatoms. The third kappa shape index (κ3) is 2.69. The number of aromatic nitrogens is 3. The molecule has 0 aliphatic carbocycles. The molecule has 2 aromatic heterocycles. The van der Waals surface area contributed by atoms with E-state index < -0.39 is 11.2 Å². The van der Waals surface area contributed by atoms with Gasteiger partial charge in [-0.2, -0.15) is 0 Å². The van der Waals surface area contributed by atoms with Crippen LogP contribution < -0.4 is 10.9 Å². The zero-order valence-corrected chi connectivity index (χ0v) is 12.0. The second-order valence-corrected chi connectivity index (χ2v) is 5.41. The SMILES string of the molecule is O=c1[nH]c(-c2ccncc2)nc(C2(F)CCNCC2)c1Cl. The van der Waals surface area contributed by atoms with Gasteiger partial charge in [0.2, 0.25) is 0 Å². The molecule has 3 rings (SSSR count). The molecule has 0 bridgehead atoms. The van der Waals surface area contributed by atoms with Crippen molar-refractivity contribution in [1.29, 1.82) is 0 Å². The Morgan fingerprint density at radius 3 is 2.57 bits per heavy atom. The summed E-state index contributed by atoms with van der Waals surface area (Å²) in [7, 11) is 0. The first-order valence-electron chi connectivity index (χ1n) is 6.70. The Hall–Kier alpha value is -1.79. The highest BCUT2D eigenvalue weighted by molar-refractivity contribution is 6.31. The fourth-order valence-electron chi connectivity index (χ4n) is 2.46. The average Bonchev–Trinajstić information content (AvgIpc) is 2.51. The minimum atomic E-state index is -1.67. The third-order valence-corrected chi connectivity index (χ3v) is 3.99. The molecule has 0 atom stereocenters. The van der Waals surface area contributed by atoms with E-state index >= 15 is 4.39 Å². The second-order valence-electron chi connectivity index (χ2n) is 5.03. The van der Waals surface area contributed by atoms with Crippen molar-refractivity contribution in [1.82, 2.24) is 20.3 Å². The van der Waals surface area contributed by atoms with Gasteiger partial charge in [0, 0.05) is 18.0 Å². The summed E-state index contributed by atoms with van der Waals surface area (Å²) in [6.45, 7) is 1.07. The van der Waals surface area contributed by atoms with Crippen LogP contribution in [0.25, 0.3) is 11.4 Å². The molecule has 0 radical (unpaired) electrons. The van der Waals surface area contributed by atoms with Crippen LogP contribution in [-0.2, 0) is 5.67 Å². The summed E-state index contributed by atoms with van der Waals surface area (Å²) < 4.78 is 15.1. The Balaban J connectivity index is 2.12. The number of nitrogens with zero attached hydrogens (tertiary/aromatic N) is 2. The van der Waals surface area contributed by atoms with Gasteiger partial charge in [0.15, 0.2) is 5.67 Å². The zero-order chi connectivity index (χ0) is 14.9. The van der Waals surface area contributed by atoms with Crippen molar-refractivity contribution >= 4 is 11.6 Å². The van der Waals surface area contributed by atoms with E-state index in [1.165, 1.54) is 0 Å². The fraction of sp³-hybridized carbons (Fsp3) is 0.357. The van der Waals surface area contributed by atoms with Crippen molar-refractivity contribution in [3.63, 3.8) is 0 Å². The summed E-state index contributed by atoms with van der Waals surface area (Å²) in [6, 6.07) is 3.40. The van der Waals surface area contributed by atoms with Crippen molar-refractivity contribution in [3.05, 3.63) is 45.6 Å². The molecule has 1 saturated heterocycles. The summed E-state index contributed by atoms with van der Waals surface area (Å²) in [5, 5.41) is 2.92. The summed E-state index contributed by atoms with van der Waals surface area (Å²) in [4.78, 5) is 22.8. The molecule has 1 aliphatic rings. The number of halogens is 2. The largest absolute Gasteiger partial charge is 0.316 e. The quantitative estimate of drug-likeness (QED) is 0.890. The Morgan fingerprint density at radius 2 is 1.90 bits per heavy atom. The second kappa shape index (κ2) is 5.54. The monoisotopic (exact) mass is 308 g/mol. The number of piperidine rings is 1. The average molecular weight is 309 g/mol. The van der Waals surface area contributed by atoms with E-state index in [1.807, 2.05) is 0 Å². The maximum Gasteiger partial charge on any atom is 0.270 e. The van der Waals surface area contributed by atoms with Gasteiger partial charge >= 0.3 is 0 Å². The van der Waals surface area contributed by atoms with E-state index in [4.69, 9.17) is 11.6 Å². The number of alkyl halides is 1. The number of aromatic amines is 1. The molecule has 0 amide bonds. The predicted octanol–water partition coefficient (Wildman–Crippen LogP) is 2.03. The first-order chi connectivity index (χ1) is 10.1. The van der Waals surface area contributed by atoms with Crippen LogP contribution in [0.5, 0.6) is 0 Å². The first kappa shape index (κ1) is 14.2. The van der Waals surface area contributed by atoms with Gasteiger partial charge in [0.25, 0.3) is 5.56 Å². The Labute approximate surface area is 125 Å². The molecular weight excluding hydrogens is 295 g/mol. The number of rotatable bonds is 2. The van der Waals surface area contributed by atoms with Crippen molar-refractivity contribution in [3.8, 4) is 11.4 Å². The van der Waals surface area contributed by atoms with Gasteiger partial charge in [-0.1, -0.05) is 11.6 Å². The molecule has 110 valence electrons.